The minimum atomic E-state index is -4.48. The van der Waals surface area contributed by atoms with Crippen LogP contribution in [0.4, 0.5) is 13.2 Å². The van der Waals surface area contributed by atoms with Crippen LogP contribution in [-0.2, 0) is 11.0 Å². The number of amides is 1. The Kier molecular flexibility index (Phi) is 4.02. The highest BCUT2D eigenvalue weighted by molar-refractivity contribution is 5.77. The third-order valence-corrected chi connectivity index (χ3v) is 4.74. The quantitative estimate of drug-likeness (QED) is 0.851. The van der Waals surface area contributed by atoms with Crippen LogP contribution in [0.3, 0.4) is 0 Å². The van der Waals surface area contributed by atoms with Gasteiger partial charge in [-0.25, -0.2) is 0 Å². The first-order chi connectivity index (χ1) is 11.1. The van der Waals surface area contributed by atoms with E-state index in [9.17, 15) is 23.1 Å². The third-order valence-electron chi connectivity index (χ3n) is 4.74. The second-order valence-corrected chi connectivity index (χ2v) is 6.89. The molecular weight excluding hydrogens is 323 g/mol. The highest BCUT2D eigenvalue weighted by Crippen LogP contribution is 2.45. The number of carbonyl (C=O) groups is 1. The lowest BCUT2D eigenvalue weighted by molar-refractivity contribution is -0.148. The molecule has 7 heteroatoms. The Morgan fingerprint density at radius 3 is 2.62 bits per heavy atom. The lowest BCUT2D eigenvalue weighted by Gasteiger charge is -2.47. The molecule has 0 aromatic heterocycles. The number of carbonyl (C=O) groups excluding carboxylic acids is 1. The zero-order chi connectivity index (χ0) is 17.7. The molecule has 0 aliphatic carbocycles. The summed E-state index contributed by atoms with van der Waals surface area (Å²) in [5.41, 5.74) is -1.48. The number of alkyl halides is 3. The van der Waals surface area contributed by atoms with Crippen LogP contribution in [0.25, 0.3) is 0 Å². The SMILES string of the molecule is CC1(C)Oc2cc(C(F)(F)F)ccc2[C@@H](N2CCCCC2=O)[C@@H]1O. The highest BCUT2D eigenvalue weighted by Gasteiger charge is 2.47. The van der Waals surface area contributed by atoms with Crippen molar-refractivity contribution in [3.05, 3.63) is 29.3 Å². The fourth-order valence-corrected chi connectivity index (χ4v) is 3.40. The largest absolute Gasteiger partial charge is 0.485 e. The molecule has 0 unspecified atom stereocenters. The predicted molar refractivity (Wildman–Crippen MR) is 80.5 cm³/mol. The summed E-state index contributed by atoms with van der Waals surface area (Å²) in [4.78, 5) is 13.9. The Morgan fingerprint density at radius 1 is 1.29 bits per heavy atom. The molecule has 1 amide bonds. The number of ether oxygens (including phenoxy) is 1. The maximum atomic E-state index is 13.0. The molecule has 0 radical (unpaired) electrons. The average molecular weight is 343 g/mol. The molecule has 0 spiro atoms. The van der Waals surface area contributed by atoms with Gasteiger partial charge in [-0.2, -0.15) is 13.2 Å². The van der Waals surface area contributed by atoms with Crippen LogP contribution in [0.1, 0.15) is 50.3 Å². The number of rotatable bonds is 1. The number of benzene rings is 1. The topological polar surface area (TPSA) is 49.8 Å². The van der Waals surface area contributed by atoms with Crippen LogP contribution >= 0.6 is 0 Å². The van der Waals surface area contributed by atoms with E-state index in [4.69, 9.17) is 4.74 Å². The summed E-state index contributed by atoms with van der Waals surface area (Å²) in [6.45, 7) is 3.71. The van der Waals surface area contributed by atoms with Crippen molar-refractivity contribution in [2.75, 3.05) is 6.54 Å². The van der Waals surface area contributed by atoms with Gasteiger partial charge < -0.3 is 14.7 Å². The van der Waals surface area contributed by atoms with Crippen molar-refractivity contribution in [3.8, 4) is 5.75 Å². The molecule has 1 aromatic carbocycles. The normalized spacial score (nSPS) is 26.8. The zero-order valence-electron chi connectivity index (χ0n) is 13.6. The Morgan fingerprint density at radius 2 is 2.00 bits per heavy atom. The van der Waals surface area contributed by atoms with E-state index >= 15 is 0 Å². The summed E-state index contributed by atoms with van der Waals surface area (Å²) < 4.78 is 44.6. The molecule has 1 N–H and O–H groups in total. The highest BCUT2D eigenvalue weighted by atomic mass is 19.4. The second kappa shape index (κ2) is 5.65. The van der Waals surface area contributed by atoms with Gasteiger partial charge in [0.2, 0.25) is 5.91 Å². The van der Waals surface area contributed by atoms with Gasteiger partial charge in [0.05, 0.1) is 11.6 Å². The van der Waals surface area contributed by atoms with Crippen LogP contribution in [-0.4, -0.2) is 34.2 Å². The van der Waals surface area contributed by atoms with Gasteiger partial charge in [-0.1, -0.05) is 6.07 Å². The van der Waals surface area contributed by atoms with E-state index in [1.165, 1.54) is 6.07 Å². The Bertz CT molecular complexity index is 657. The number of aliphatic hydroxyl groups is 1. The van der Waals surface area contributed by atoms with E-state index < -0.39 is 29.5 Å². The van der Waals surface area contributed by atoms with E-state index in [1.807, 2.05) is 0 Å². The van der Waals surface area contributed by atoms with E-state index in [2.05, 4.69) is 0 Å². The van der Waals surface area contributed by atoms with Gasteiger partial charge in [0, 0.05) is 18.5 Å². The Balaban J connectivity index is 2.08. The molecule has 1 saturated heterocycles. The second-order valence-electron chi connectivity index (χ2n) is 6.89. The minimum Gasteiger partial charge on any atom is -0.485 e. The van der Waals surface area contributed by atoms with Gasteiger partial charge in [0.25, 0.3) is 0 Å². The lowest BCUT2D eigenvalue weighted by Crippen LogP contribution is -2.55. The van der Waals surface area contributed by atoms with Crippen LogP contribution in [0.15, 0.2) is 18.2 Å². The van der Waals surface area contributed by atoms with Crippen LogP contribution in [0.5, 0.6) is 5.75 Å². The van der Waals surface area contributed by atoms with Gasteiger partial charge in [0.15, 0.2) is 0 Å². The van der Waals surface area contributed by atoms with Gasteiger partial charge in [-0.05, 0) is 38.8 Å². The van der Waals surface area contributed by atoms with Crippen molar-refractivity contribution in [2.45, 2.75) is 57.0 Å². The number of fused-ring (bicyclic) bond motifs is 1. The van der Waals surface area contributed by atoms with E-state index in [0.29, 0.717) is 18.5 Å². The zero-order valence-corrected chi connectivity index (χ0v) is 13.6. The van der Waals surface area contributed by atoms with Crippen molar-refractivity contribution in [2.24, 2.45) is 0 Å². The van der Waals surface area contributed by atoms with Crippen LogP contribution in [0.2, 0.25) is 0 Å². The number of aliphatic hydroxyl groups excluding tert-OH is 1. The summed E-state index contributed by atoms with van der Waals surface area (Å²) in [7, 11) is 0. The maximum absolute atomic E-state index is 13.0. The molecule has 1 fully saturated rings. The fourth-order valence-electron chi connectivity index (χ4n) is 3.40. The number of hydrogen-bond donors (Lipinski definition) is 1. The molecule has 3 rings (SSSR count). The standard InChI is InChI=1S/C17H20F3NO3/c1-16(2)15(23)14(21-8-4-3-5-13(21)22)11-7-6-10(17(18,19)20)9-12(11)24-16/h6-7,9,14-15,23H,3-5,8H2,1-2H3/t14-,15+/m1/s1. The lowest BCUT2D eigenvalue weighted by atomic mass is 9.84. The molecule has 0 saturated carbocycles. The van der Waals surface area contributed by atoms with Gasteiger partial charge >= 0.3 is 6.18 Å². The molecule has 132 valence electrons. The molecule has 1 aromatic rings. The minimum absolute atomic E-state index is 0.0727. The molecular formula is C17H20F3NO3. The van der Waals surface area contributed by atoms with Crippen LogP contribution < -0.4 is 4.74 Å². The fraction of sp³-hybridized carbons (Fsp3) is 0.588. The van der Waals surface area contributed by atoms with Gasteiger partial charge in [0.1, 0.15) is 17.5 Å². The molecule has 4 nitrogen and oxygen atoms in total. The number of nitrogens with zero attached hydrogens (tertiary/aromatic N) is 1. The number of piperidine rings is 1. The first-order valence-electron chi connectivity index (χ1n) is 7.99. The summed E-state index contributed by atoms with van der Waals surface area (Å²) in [5.74, 6) is -0.0163. The van der Waals surface area contributed by atoms with Crippen molar-refractivity contribution in [1.29, 1.82) is 0 Å². The first kappa shape index (κ1) is 17.1. The molecule has 2 aliphatic heterocycles. The maximum Gasteiger partial charge on any atom is 0.416 e. The Hall–Kier alpha value is -1.76. The van der Waals surface area contributed by atoms with E-state index in [1.54, 1.807) is 18.7 Å². The molecule has 2 atom stereocenters. The van der Waals surface area contributed by atoms with Gasteiger partial charge in [-0.3, -0.25) is 4.79 Å². The summed E-state index contributed by atoms with van der Waals surface area (Å²) in [6.07, 6.45) is -3.51. The molecule has 2 heterocycles. The van der Waals surface area contributed by atoms with Crippen LogP contribution in [0, 0.1) is 0 Å². The van der Waals surface area contributed by atoms with Crippen molar-refractivity contribution in [3.63, 3.8) is 0 Å². The summed E-state index contributed by atoms with van der Waals surface area (Å²) in [6, 6.07) is 2.53. The van der Waals surface area contributed by atoms with Crippen molar-refractivity contribution in [1.82, 2.24) is 4.90 Å². The van der Waals surface area contributed by atoms with Crippen molar-refractivity contribution >= 4 is 5.91 Å². The first-order valence-corrected chi connectivity index (χ1v) is 7.99. The molecule has 2 aliphatic rings. The summed E-state index contributed by atoms with van der Waals surface area (Å²) >= 11 is 0. The Labute approximate surface area is 138 Å². The number of halogens is 3. The third kappa shape index (κ3) is 2.85. The number of hydrogen-bond acceptors (Lipinski definition) is 3. The smallest absolute Gasteiger partial charge is 0.416 e. The van der Waals surface area contributed by atoms with Gasteiger partial charge in [-0.15, -0.1) is 0 Å². The van der Waals surface area contributed by atoms with E-state index in [-0.39, 0.29) is 11.7 Å². The number of likely N-dealkylation sites (tertiary alicyclic amines) is 1. The molecule has 24 heavy (non-hydrogen) atoms. The van der Waals surface area contributed by atoms with E-state index in [0.717, 1.165) is 25.0 Å². The average Bonchev–Trinajstić information content (AvgIpc) is 2.48. The monoisotopic (exact) mass is 343 g/mol. The van der Waals surface area contributed by atoms with Crippen molar-refractivity contribution < 1.29 is 27.8 Å². The predicted octanol–water partition coefficient (Wildman–Crippen LogP) is 3.29. The summed E-state index contributed by atoms with van der Waals surface area (Å²) in [5, 5.41) is 10.7. The molecule has 0 bridgehead atoms.